The molecule has 25 heavy (non-hydrogen) atoms. The van der Waals surface area contributed by atoms with Crippen LogP contribution in [0.15, 0.2) is 57.4 Å². The first kappa shape index (κ1) is 15.9. The minimum absolute atomic E-state index is 0.613. The quantitative estimate of drug-likeness (QED) is 0.423. The molecule has 0 radical (unpaired) electrons. The van der Waals surface area contributed by atoms with Crippen LogP contribution in [0.1, 0.15) is 11.5 Å². The molecule has 3 heterocycles. The Morgan fingerprint density at radius 3 is 2.76 bits per heavy atom. The van der Waals surface area contributed by atoms with Crippen LogP contribution in [-0.4, -0.2) is 19.9 Å². The lowest BCUT2D eigenvalue weighted by Gasteiger charge is -2.01. The minimum Gasteiger partial charge on any atom is -0.441 e. The van der Waals surface area contributed by atoms with E-state index in [0.29, 0.717) is 22.6 Å². The van der Waals surface area contributed by atoms with Gasteiger partial charge in [-0.15, -0.1) is 21.5 Å². The van der Waals surface area contributed by atoms with Crippen LogP contribution in [0.25, 0.3) is 22.2 Å². The van der Waals surface area contributed by atoms with Crippen molar-refractivity contribution in [2.24, 2.45) is 0 Å². The standard InChI is InChI=1S/C17H15N5OS2/c1-11-13(19-16(23-11)12-6-3-2-4-7-12)10-25-17-21-20-15(22(17)18)14-8-5-9-24-14/h2-9H,10,18H2,1H3. The van der Waals surface area contributed by atoms with Gasteiger partial charge in [-0.25, -0.2) is 9.66 Å². The smallest absolute Gasteiger partial charge is 0.226 e. The van der Waals surface area contributed by atoms with E-state index in [-0.39, 0.29) is 0 Å². The Morgan fingerprint density at radius 1 is 1.16 bits per heavy atom. The molecule has 0 atom stereocenters. The maximum atomic E-state index is 6.13. The first-order valence-corrected chi connectivity index (χ1v) is 9.48. The fourth-order valence-corrected chi connectivity index (χ4v) is 3.91. The van der Waals surface area contributed by atoms with E-state index in [9.17, 15) is 0 Å². The second-order valence-electron chi connectivity index (χ2n) is 5.33. The fraction of sp³-hybridized carbons (Fsp3) is 0.118. The molecule has 0 fully saturated rings. The molecule has 3 aromatic heterocycles. The number of hydrogen-bond donors (Lipinski definition) is 1. The number of nitrogens with zero attached hydrogens (tertiary/aromatic N) is 4. The topological polar surface area (TPSA) is 82.8 Å². The summed E-state index contributed by atoms with van der Waals surface area (Å²) in [4.78, 5) is 5.59. The van der Waals surface area contributed by atoms with Gasteiger partial charge in [0.15, 0.2) is 5.82 Å². The summed E-state index contributed by atoms with van der Waals surface area (Å²) in [6.07, 6.45) is 0. The molecule has 4 rings (SSSR count). The Balaban J connectivity index is 1.52. The molecule has 0 aliphatic heterocycles. The number of aromatic nitrogens is 4. The van der Waals surface area contributed by atoms with Crippen LogP contribution in [0.2, 0.25) is 0 Å². The molecule has 0 saturated heterocycles. The van der Waals surface area contributed by atoms with E-state index in [2.05, 4.69) is 15.2 Å². The minimum atomic E-state index is 0.613. The van der Waals surface area contributed by atoms with Crippen molar-refractivity contribution in [2.45, 2.75) is 17.8 Å². The van der Waals surface area contributed by atoms with Crippen molar-refractivity contribution >= 4 is 23.1 Å². The third-order valence-corrected chi connectivity index (χ3v) is 5.48. The number of hydrogen-bond acceptors (Lipinski definition) is 7. The third kappa shape index (κ3) is 3.18. The average Bonchev–Trinajstić information content (AvgIpc) is 3.35. The summed E-state index contributed by atoms with van der Waals surface area (Å²) in [7, 11) is 0. The summed E-state index contributed by atoms with van der Waals surface area (Å²) >= 11 is 3.07. The van der Waals surface area contributed by atoms with Crippen LogP contribution >= 0.6 is 23.1 Å². The van der Waals surface area contributed by atoms with E-state index < -0.39 is 0 Å². The average molecular weight is 369 g/mol. The van der Waals surface area contributed by atoms with Gasteiger partial charge in [-0.3, -0.25) is 0 Å². The SMILES string of the molecule is Cc1oc(-c2ccccc2)nc1CSc1nnc(-c2cccs2)n1N. The lowest BCUT2D eigenvalue weighted by molar-refractivity contribution is 0.540. The Hall–Kier alpha value is -2.58. The predicted octanol–water partition coefficient (Wildman–Crippen LogP) is 3.98. The van der Waals surface area contributed by atoms with Gasteiger partial charge in [0.05, 0.1) is 10.6 Å². The summed E-state index contributed by atoms with van der Waals surface area (Å²) in [5.74, 6) is 8.83. The van der Waals surface area contributed by atoms with Gasteiger partial charge in [0, 0.05) is 11.3 Å². The molecule has 126 valence electrons. The highest BCUT2D eigenvalue weighted by atomic mass is 32.2. The van der Waals surface area contributed by atoms with Crippen molar-refractivity contribution in [1.82, 2.24) is 19.9 Å². The Kier molecular flexibility index (Phi) is 4.29. The van der Waals surface area contributed by atoms with Gasteiger partial charge in [0.1, 0.15) is 5.76 Å². The van der Waals surface area contributed by atoms with E-state index in [1.54, 1.807) is 11.3 Å². The van der Waals surface area contributed by atoms with E-state index in [4.69, 9.17) is 10.3 Å². The highest BCUT2D eigenvalue weighted by Crippen LogP contribution is 2.29. The third-order valence-electron chi connectivity index (χ3n) is 3.66. The van der Waals surface area contributed by atoms with Gasteiger partial charge in [0.2, 0.25) is 11.0 Å². The fourth-order valence-electron chi connectivity index (χ4n) is 2.35. The Bertz CT molecular complexity index is 976. The normalized spacial score (nSPS) is 11.1. The number of nitrogen functional groups attached to an aromatic ring is 1. The zero-order valence-corrected chi connectivity index (χ0v) is 15.0. The number of aryl methyl sites for hydroxylation is 1. The first-order chi connectivity index (χ1) is 12.2. The maximum absolute atomic E-state index is 6.13. The zero-order valence-electron chi connectivity index (χ0n) is 13.4. The number of nitrogens with two attached hydrogens (primary N) is 1. The van der Waals surface area contributed by atoms with E-state index in [1.165, 1.54) is 16.4 Å². The Morgan fingerprint density at radius 2 is 2.00 bits per heavy atom. The molecular weight excluding hydrogens is 354 g/mol. The van der Waals surface area contributed by atoms with E-state index in [0.717, 1.165) is 21.9 Å². The van der Waals surface area contributed by atoms with E-state index in [1.807, 2.05) is 54.8 Å². The molecule has 8 heteroatoms. The van der Waals surface area contributed by atoms with Crippen molar-refractivity contribution in [3.63, 3.8) is 0 Å². The van der Waals surface area contributed by atoms with Crippen LogP contribution < -0.4 is 5.84 Å². The predicted molar refractivity (Wildman–Crippen MR) is 99.7 cm³/mol. The van der Waals surface area contributed by atoms with Gasteiger partial charge >= 0.3 is 0 Å². The van der Waals surface area contributed by atoms with Gasteiger partial charge in [0.25, 0.3) is 0 Å². The molecule has 0 saturated carbocycles. The van der Waals surface area contributed by atoms with Crippen molar-refractivity contribution < 1.29 is 4.42 Å². The first-order valence-electron chi connectivity index (χ1n) is 7.61. The van der Waals surface area contributed by atoms with Crippen molar-refractivity contribution in [3.05, 3.63) is 59.3 Å². The molecule has 6 nitrogen and oxygen atoms in total. The van der Waals surface area contributed by atoms with Crippen LogP contribution in [0.4, 0.5) is 0 Å². The number of oxazole rings is 1. The molecule has 0 unspecified atom stereocenters. The van der Waals surface area contributed by atoms with E-state index >= 15 is 0 Å². The van der Waals surface area contributed by atoms with Gasteiger partial charge in [-0.1, -0.05) is 36.0 Å². The summed E-state index contributed by atoms with van der Waals surface area (Å²) < 4.78 is 7.30. The molecular formula is C17H15N5OS2. The second kappa shape index (κ2) is 6.73. The number of rotatable bonds is 5. The van der Waals surface area contributed by atoms with Crippen molar-refractivity contribution in [1.29, 1.82) is 0 Å². The van der Waals surface area contributed by atoms with Crippen LogP contribution in [-0.2, 0) is 5.75 Å². The summed E-state index contributed by atoms with van der Waals surface area (Å²) in [6, 6.07) is 13.8. The maximum Gasteiger partial charge on any atom is 0.226 e. The van der Waals surface area contributed by atoms with Gasteiger partial charge < -0.3 is 10.3 Å². The van der Waals surface area contributed by atoms with Crippen LogP contribution in [0.3, 0.4) is 0 Å². The lowest BCUT2D eigenvalue weighted by atomic mass is 10.2. The molecule has 0 aliphatic rings. The molecule has 4 aromatic rings. The van der Waals surface area contributed by atoms with Gasteiger partial charge in [-0.2, -0.15) is 0 Å². The second-order valence-corrected chi connectivity index (χ2v) is 7.22. The largest absolute Gasteiger partial charge is 0.441 e. The Labute approximate surface area is 152 Å². The molecule has 0 aliphatic carbocycles. The number of thiophene rings is 1. The van der Waals surface area contributed by atoms with Crippen molar-refractivity contribution in [3.8, 4) is 22.2 Å². The molecule has 0 bridgehead atoms. The summed E-state index contributed by atoms with van der Waals surface area (Å²) in [5.41, 5.74) is 1.84. The molecule has 1 aromatic carbocycles. The number of benzene rings is 1. The highest BCUT2D eigenvalue weighted by Gasteiger charge is 2.16. The molecule has 2 N–H and O–H groups in total. The van der Waals surface area contributed by atoms with Crippen LogP contribution in [0, 0.1) is 6.92 Å². The van der Waals surface area contributed by atoms with Crippen molar-refractivity contribution in [2.75, 3.05) is 5.84 Å². The van der Waals surface area contributed by atoms with Crippen LogP contribution in [0.5, 0.6) is 0 Å². The highest BCUT2D eigenvalue weighted by molar-refractivity contribution is 7.98. The van der Waals surface area contributed by atoms with Gasteiger partial charge in [-0.05, 0) is 30.5 Å². The lowest BCUT2D eigenvalue weighted by Crippen LogP contribution is -2.11. The molecule has 0 amide bonds. The summed E-state index contributed by atoms with van der Waals surface area (Å²) in [6.45, 7) is 1.92. The monoisotopic (exact) mass is 369 g/mol. The molecule has 0 spiro atoms. The number of thioether (sulfide) groups is 1. The summed E-state index contributed by atoms with van der Waals surface area (Å²) in [5, 5.41) is 11.0. The zero-order chi connectivity index (χ0) is 17.2.